The number of hydrogen-bond donors (Lipinski definition) is 1. The van der Waals surface area contributed by atoms with E-state index in [1.54, 1.807) is 32.4 Å². The zero-order chi connectivity index (χ0) is 21.8. The second-order valence-electron chi connectivity index (χ2n) is 7.83. The van der Waals surface area contributed by atoms with E-state index in [-0.39, 0.29) is 11.9 Å². The van der Waals surface area contributed by atoms with Crippen LogP contribution >= 0.6 is 0 Å². The quantitative estimate of drug-likeness (QED) is 0.636. The lowest BCUT2D eigenvalue weighted by Gasteiger charge is -2.36. The average molecular weight is 420 g/mol. The standard InChI is InChI=1S/C25H29N3O3/c1-27-13-6-9-21(27)22(28-14-12-18-7-4-5-8-20(18)17-28)16-26-25(29)19-10-11-23(30-2)24(15-19)31-3/h4-11,13,15,22H,12,14,16-17H2,1-3H3,(H,26,29). The lowest BCUT2D eigenvalue weighted by molar-refractivity contribution is 0.0925. The molecular formula is C25H29N3O3. The van der Waals surface area contributed by atoms with E-state index in [0.29, 0.717) is 23.6 Å². The molecule has 1 atom stereocenters. The maximum atomic E-state index is 12.9. The Morgan fingerprint density at radius 2 is 1.81 bits per heavy atom. The van der Waals surface area contributed by atoms with Crippen molar-refractivity contribution in [1.82, 2.24) is 14.8 Å². The molecule has 0 saturated heterocycles. The summed E-state index contributed by atoms with van der Waals surface area (Å²) in [5, 5.41) is 3.13. The van der Waals surface area contributed by atoms with Crippen LogP contribution in [0.2, 0.25) is 0 Å². The van der Waals surface area contributed by atoms with Crippen LogP contribution in [0.1, 0.15) is 33.2 Å². The fraction of sp³-hybridized carbons (Fsp3) is 0.320. The molecule has 0 radical (unpaired) electrons. The van der Waals surface area contributed by atoms with Gasteiger partial charge in [0.05, 0.1) is 20.3 Å². The number of rotatable bonds is 7. The monoisotopic (exact) mass is 419 g/mol. The molecular weight excluding hydrogens is 390 g/mol. The van der Waals surface area contributed by atoms with Crippen molar-refractivity contribution in [3.63, 3.8) is 0 Å². The summed E-state index contributed by atoms with van der Waals surface area (Å²) in [4.78, 5) is 15.4. The number of methoxy groups -OCH3 is 2. The molecule has 0 saturated carbocycles. The number of ether oxygens (including phenoxy) is 2. The third-order valence-corrected chi connectivity index (χ3v) is 6.03. The van der Waals surface area contributed by atoms with Gasteiger partial charge in [0.1, 0.15) is 0 Å². The summed E-state index contributed by atoms with van der Waals surface area (Å²) in [7, 11) is 5.20. The van der Waals surface area contributed by atoms with Gasteiger partial charge in [-0.05, 0) is 47.9 Å². The SMILES string of the molecule is COc1ccc(C(=O)NCC(c2cccn2C)N2CCc3ccccc3C2)cc1OC. The maximum Gasteiger partial charge on any atom is 0.251 e. The molecule has 31 heavy (non-hydrogen) atoms. The predicted octanol–water partition coefficient (Wildman–Crippen LogP) is 3.57. The summed E-state index contributed by atoms with van der Waals surface area (Å²) >= 11 is 0. The van der Waals surface area contributed by atoms with Gasteiger partial charge < -0.3 is 19.4 Å². The second kappa shape index (κ2) is 9.27. The number of nitrogens with one attached hydrogen (secondary N) is 1. The number of aryl methyl sites for hydroxylation is 1. The molecule has 0 fully saturated rings. The molecule has 1 aliphatic rings. The van der Waals surface area contributed by atoms with Gasteiger partial charge in [-0.2, -0.15) is 0 Å². The van der Waals surface area contributed by atoms with Crippen LogP contribution in [0.3, 0.4) is 0 Å². The first-order valence-corrected chi connectivity index (χ1v) is 10.5. The molecule has 6 heteroatoms. The van der Waals surface area contributed by atoms with Gasteiger partial charge in [0, 0.05) is 44.1 Å². The fourth-order valence-electron chi connectivity index (χ4n) is 4.29. The van der Waals surface area contributed by atoms with Crippen molar-refractivity contribution in [3.8, 4) is 11.5 Å². The minimum Gasteiger partial charge on any atom is -0.493 e. The van der Waals surface area contributed by atoms with Crippen LogP contribution in [0, 0.1) is 0 Å². The van der Waals surface area contributed by atoms with E-state index >= 15 is 0 Å². The molecule has 2 aromatic carbocycles. The summed E-state index contributed by atoms with van der Waals surface area (Å²) in [6.45, 7) is 2.35. The molecule has 1 amide bonds. The largest absolute Gasteiger partial charge is 0.493 e. The Balaban J connectivity index is 1.53. The van der Waals surface area contributed by atoms with Crippen molar-refractivity contribution in [2.45, 2.75) is 19.0 Å². The molecule has 1 N–H and O–H groups in total. The van der Waals surface area contributed by atoms with Gasteiger partial charge in [-0.1, -0.05) is 24.3 Å². The Morgan fingerprint density at radius 1 is 1.03 bits per heavy atom. The summed E-state index contributed by atoms with van der Waals surface area (Å²) in [6.07, 6.45) is 3.07. The summed E-state index contributed by atoms with van der Waals surface area (Å²) in [6, 6.07) is 18.1. The molecule has 0 spiro atoms. The van der Waals surface area contributed by atoms with Gasteiger partial charge >= 0.3 is 0 Å². The van der Waals surface area contributed by atoms with Crippen molar-refractivity contribution in [1.29, 1.82) is 0 Å². The smallest absolute Gasteiger partial charge is 0.251 e. The zero-order valence-corrected chi connectivity index (χ0v) is 18.3. The van der Waals surface area contributed by atoms with Crippen molar-refractivity contribution >= 4 is 5.91 Å². The first kappa shape index (κ1) is 21.0. The molecule has 2 heterocycles. The molecule has 3 aromatic rings. The first-order chi connectivity index (χ1) is 15.1. The van der Waals surface area contributed by atoms with Crippen LogP contribution in [-0.2, 0) is 20.0 Å². The highest BCUT2D eigenvalue weighted by molar-refractivity contribution is 5.94. The lowest BCUT2D eigenvalue weighted by Crippen LogP contribution is -2.41. The van der Waals surface area contributed by atoms with Crippen LogP contribution in [0.25, 0.3) is 0 Å². The molecule has 162 valence electrons. The highest BCUT2D eigenvalue weighted by Crippen LogP contribution is 2.29. The summed E-state index contributed by atoms with van der Waals surface area (Å²) in [5.41, 5.74) is 4.51. The Kier molecular flexibility index (Phi) is 6.28. The van der Waals surface area contributed by atoms with Gasteiger partial charge in [-0.15, -0.1) is 0 Å². The normalized spacial score (nSPS) is 14.5. The van der Waals surface area contributed by atoms with Crippen LogP contribution in [0.15, 0.2) is 60.8 Å². The average Bonchev–Trinajstić information content (AvgIpc) is 3.24. The molecule has 6 nitrogen and oxygen atoms in total. The molecule has 4 rings (SSSR count). The van der Waals surface area contributed by atoms with Gasteiger partial charge in [-0.3, -0.25) is 9.69 Å². The maximum absolute atomic E-state index is 12.9. The van der Waals surface area contributed by atoms with Crippen LogP contribution in [0.5, 0.6) is 11.5 Å². The van der Waals surface area contributed by atoms with Crippen molar-refractivity contribution in [2.24, 2.45) is 7.05 Å². The Bertz CT molecular complexity index is 1060. The molecule has 1 aromatic heterocycles. The van der Waals surface area contributed by atoms with E-state index in [9.17, 15) is 4.79 Å². The number of carbonyl (C=O) groups is 1. The topological polar surface area (TPSA) is 55.7 Å². The van der Waals surface area contributed by atoms with Gasteiger partial charge in [0.2, 0.25) is 0 Å². The van der Waals surface area contributed by atoms with E-state index in [4.69, 9.17) is 9.47 Å². The second-order valence-corrected chi connectivity index (χ2v) is 7.83. The van der Waals surface area contributed by atoms with E-state index in [0.717, 1.165) is 19.5 Å². The molecule has 0 aliphatic carbocycles. The Hall–Kier alpha value is -3.25. The third kappa shape index (κ3) is 4.44. The van der Waals surface area contributed by atoms with E-state index < -0.39 is 0 Å². The van der Waals surface area contributed by atoms with E-state index in [1.165, 1.54) is 16.8 Å². The van der Waals surface area contributed by atoms with Crippen LogP contribution in [-0.4, -0.2) is 42.7 Å². The Morgan fingerprint density at radius 3 is 2.52 bits per heavy atom. The van der Waals surface area contributed by atoms with Crippen LogP contribution < -0.4 is 14.8 Å². The number of benzene rings is 2. The van der Waals surface area contributed by atoms with Crippen molar-refractivity contribution in [3.05, 3.63) is 83.2 Å². The minimum absolute atomic E-state index is 0.0810. The van der Waals surface area contributed by atoms with Gasteiger partial charge in [-0.25, -0.2) is 0 Å². The highest BCUT2D eigenvalue weighted by atomic mass is 16.5. The number of carbonyl (C=O) groups excluding carboxylic acids is 1. The minimum atomic E-state index is -0.127. The Labute approximate surface area is 183 Å². The number of fused-ring (bicyclic) bond motifs is 1. The number of amides is 1. The molecule has 0 bridgehead atoms. The fourth-order valence-corrected chi connectivity index (χ4v) is 4.29. The third-order valence-electron chi connectivity index (χ3n) is 6.03. The molecule has 1 unspecified atom stereocenters. The van der Waals surface area contributed by atoms with E-state index in [2.05, 4.69) is 64.4 Å². The zero-order valence-electron chi connectivity index (χ0n) is 18.3. The number of hydrogen-bond acceptors (Lipinski definition) is 4. The van der Waals surface area contributed by atoms with Crippen LogP contribution in [0.4, 0.5) is 0 Å². The lowest BCUT2D eigenvalue weighted by atomic mass is 9.97. The summed E-state index contributed by atoms with van der Waals surface area (Å²) < 4.78 is 12.7. The van der Waals surface area contributed by atoms with Crippen molar-refractivity contribution < 1.29 is 14.3 Å². The van der Waals surface area contributed by atoms with E-state index in [1.807, 2.05) is 0 Å². The first-order valence-electron chi connectivity index (χ1n) is 10.5. The van der Waals surface area contributed by atoms with Crippen molar-refractivity contribution in [2.75, 3.05) is 27.3 Å². The highest BCUT2D eigenvalue weighted by Gasteiger charge is 2.27. The van der Waals surface area contributed by atoms with Gasteiger partial charge in [0.25, 0.3) is 5.91 Å². The predicted molar refractivity (Wildman–Crippen MR) is 121 cm³/mol. The number of nitrogens with zero attached hydrogens (tertiary/aromatic N) is 2. The number of aromatic nitrogens is 1. The molecule has 1 aliphatic heterocycles. The van der Waals surface area contributed by atoms with Gasteiger partial charge in [0.15, 0.2) is 11.5 Å². The summed E-state index contributed by atoms with van der Waals surface area (Å²) in [5.74, 6) is 1.02.